The van der Waals surface area contributed by atoms with Crippen molar-refractivity contribution in [3.05, 3.63) is 33.9 Å². The first-order valence-electron chi connectivity index (χ1n) is 6.95. The molecule has 21 heavy (non-hydrogen) atoms. The molecule has 0 aliphatic carbocycles. The van der Waals surface area contributed by atoms with Crippen LogP contribution >= 0.6 is 0 Å². The van der Waals surface area contributed by atoms with Crippen molar-refractivity contribution in [2.45, 2.75) is 13.3 Å². The Morgan fingerprint density at radius 3 is 3.00 bits per heavy atom. The number of nitrogens with zero attached hydrogens (tertiary/aromatic N) is 2. The number of carbonyl (C=O) groups is 1. The highest BCUT2D eigenvalue weighted by Gasteiger charge is 2.20. The zero-order valence-corrected chi connectivity index (χ0v) is 12.0. The highest BCUT2D eigenvalue weighted by atomic mass is 16.6. The lowest BCUT2D eigenvalue weighted by atomic mass is 10.2. The van der Waals surface area contributed by atoms with E-state index in [0.29, 0.717) is 18.7 Å². The van der Waals surface area contributed by atoms with Crippen molar-refractivity contribution in [1.29, 1.82) is 0 Å². The maximum absolute atomic E-state index is 12.1. The summed E-state index contributed by atoms with van der Waals surface area (Å²) in [5.74, 6) is 0.0278. The molecule has 0 unspecified atom stereocenters. The molecule has 0 spiro atoms. The summed E-state index contributed by atoms with van der Waals surface area (Å²) in [6.07, 6.45) is 0.899. The number of aryl methyl sites for hydroxylation is 1. The minimum absolute atomic E-state index is 0.111. The second-order valence-electron chi connectivity index (χ2n) is 4.95. The van der Waals surface area contributed by atoms with Crippen LogP contribution in [0.4, 0.5) is 5.69 Å². The molecule has 1 amide bonds. The van der Waals surface area contributed by atoms with Crippen LogP contribution in [0.5, 0.6) is 5.75 Å². The number of hydrogen-bond acceptors (Lipinski definition) is 5. The fourth-order valence-electron chi connectivity index (χ4n) is 2.29. The van der Waals surface area contributed by atoms with Crippen LogP contribution in [0.15, 0.2) is 18.2 Å². The lowest BCUT2D eigenvalue weighted by molar-refractivity contribution is -0.385. The summed E-state index contributed by atoms with van der Waals surface area (Å²) < 4.78 is 5.43. The molecule has 1 aliphatic heterocycles. The average molecular weight is 293 g/mol. The predicted molar refractivity (Wildman–Crippen MR) is 77.4 cm³/mol. The Bertz CT molecular complexity index is 525. The summed E-state index contributed by atoms with van der Waals surface area (Å²) in [4.78, 5) is 24.3. The van der Waals surface area contributed by atoms with Gasteiger partial charge in [0.15, 0.2) is 6.61 Å². The summed E-state index contributed by atoms with van der Waals surface area (Å²) in [7, 11) is 0. The number of amides is 1. The molecule has 1 aromatic rings. The van der Waals surface area contributed by atoms with Crippen LogP contribution in [0.2, 0.25) is 0 Å². The van der Waals surface area contributed by atoms with E-state index in [0.717, 1.165) is 19.5 Å². The zero-order valence-electron chi connectivity index (χ0n) is 12.0. The van der Waals surface area contributed by atoms with Crippen molar-refractivity contribution in [1.82, 2.24) is 10.2 Å². The first-order valence-corrected chi connectivity index (χ1v) is 6.95. The lowest BCUT2D eigenvalue weighted by Gasteiger charge is -2.20. The van der Waals surface area contributed by atoms with Gasteiger partial charge in [-0.05, 0) is 25.5 Å². The van der Waals surface area contributed by atoms with E-state index in [2.05, 4.69) is 5.32 Å². The van der Waals surface area contributed by atoms with Crippen LogP contribution in [-0.2, 0) is 4.79 Å². The number of carbonyl (C=O) groups excluding carboxylic acids is 1. The molecule has 1 aromatic carbocycles. The second-order valence-corrected chi connectivity index (χ2v) is 4.95. The number of benzene rings is 1. The zero-order chi connectivity index (χ0) is 15.2. The minimum atomic E-state index is -0.497. The predicted octanol–water partition coefficient (Wildman–Crippen LogP) is 1.10. The van der Waals surface area contributed by atoms with Gasteiger partial charge in [-0.2, -0.15) is 0 Å². The van der Waals surface area contributed by atoms with Gasteiger partial charge in [-0.15, -0.1) is 0 Å². The van der Waals surface area contributed by atoms with Crippen LogP contribution < -0.4 is 10.1 Å². The Hall–Kier alpha value is -2.15. The van der Waals surface area contributed by atoms with Crippen molar-refractivity contribution >= 4 is 11.6 Å². The Morgan fingerprint density at radius 1 is 1.43 bits per heavy atom. The Morgan fingerprint density at radius 2 is 2.24 bits per heavy atom. The summed E-state index contributed by atoms with van der Waals surface area (Å²) in [6, 6.07) is 4.70. The molecule has 1 heterocycles. The molecule has 0 bridgehead atoms. The van der Waals surface area contributed by atoms with Gasteiger partial charge >= 0.3 is 5.69 Å². The van der Waals surface area contributed by atoms with E-state index in [1.807, 2.05) is 0 Å². The highest BCUT2D eigenvalue weighted by molar-refractivity contribution is 5.78. The number of para-hydroxylation sites is 1. The van der Waals surface area contributed by atoms with Crippen LogP contribution in [-0.4, -0.2) is 48.5 Å². The molecule has 1 aliphatic rings. The van der Waals surface area contributed by atoms with E-state index in [-0.39, 0.29) is 24.0 Å². The Kier molecular flexibility index (Phi) is 5.10. The maximum Gasteiger partial charge on any atom is 0.311 e. The molecule has 7 heteroatoms. The molecule has 1 saturated heterocycles. The molecular formula is C14H19N3O4. The van der Waals surface area contributed by atoms with Gasteiger partial charge in [-0.3, -0.25) is 14.9 Å². The summed E-state index contributed by atoms with van der Waals surface area (Å²) in [5, 5.41) is 14.2. The highest BCUT2D eigenvalue weighted by Crippen LogP contribution is 2.30. The summed E-state index contributed by atoms with van der Waals surface area (Å²) in [6.45, 7) is 4.53. The Labute approximate surface area is 123 Å². The van der Waals surface area contributed by atoms with Crippen molar-refractivity contribution in [2.75, 3.05) is 32.8 Å². The van der Waals surface area contributed by atoms with Gasteiger partial charge in [0.1, 0.15) is 0 Å². The van der Waals surface area contributed by atoms with Gasteiger partial charge in [0.2, 0.25) is 5.75 Å². The van der Waals surface area contributed by atoms with E-state index in [1.165, 1.54) is 6.07 Å². The van der Waals surface area contributed by atoms with E-state index in [4.69, 9.17) is 4.74 Å². The topological polar surface area (TPSA) is 84.7 Å². The van der Waals surface area contributed by atoms with Crippen LogP contribution in [0.25, 0.3) is 0 Å². The largest absolute Gasteiger partial charge is 0.477 e. The lowest BCUT2D eigenvalue weighted by Crippen LogP contribution is -2.37. The molecule has 1 fully saturated rings. The third-order valence-electron chi connectivity index (χ3n) is 3.42. The smallest absolute Gasteiger partial charge is 0.311 e. The summed E-state index contributed by atoms with van der Waals surface area (Å²) in [5.41, 5.74) is 0.537. The monoisotopic (exact) mass is 293 g/mol. The molecule has 1 N–H and O–H groups in total. The van der Waals surface area contributed by atoms with Crippen molar-refractivity contribution in [2.24, 2.45) is 0 Å². The molecular weight excluding hydrogens is 274 g/mol. The van der Waals surface area contributed by atoms with Gasteiger partial charge < -0.3 is 15.0 Å². The molecule has 0 radical (unpaired) electrons. The van der Waals surface area contributed by atoms with Crippen LogP contribution in [0.1, 0.15) is 12.0 Å². The van der Waals surface area contributed by atoms with Crippen LogP contribution in [0, 0.1) is 17.0 Å². The van der Waals surface area contributed by atoms with Crippen LogP contribution in [0.3, 0.4) is 0 Å². The quantitative estimate of drug-likeness (QED) is 0.664. The molecule has 0 atom stereocenters. The van der Waals surface area contributed by atoms with Gasteiger partial charge in [0, 0.05) is 25.7 Å². The molecule has 0 aromatic heterocycles. The minimum Gasteiger partial charge on any atom is -0.477 e. The summed E-state index contributed by atoms with van der Waals surface area (Å²) >= 11 is 0. The standard InChI is InChI=1S/C14H19N3O4/c1-11-4-2-5-12(17(19)20)14(11)21-10-13(18)16-8-3-6-15-7-9-16/h2,4-5,15H,3,6-10H2,1H3. The number of ether oxygens (including phenoxy) is 1. The molecule has 0 saturated carbocycles. The number of nitro benzene ring substituents is 1. The number of hydrogen-bond donors (Lipinski definition) is 1. The van der Waals surface area contributed by atoms with Gasteiger partial charge in [-0.25, -0.2) is 0 Å². The number of nitrogens with one attached hydrogen (secondary N) is 1. The molecule has 7 nitrogen and oxygen atoms in total. The molecule has 2 rings (SSSR count). The average Bonchev–Trinajstić information content (AvgIpc) is 2.74. The fourth-order valence-corrected chi connectivity index (χ4v) is 2.29. The molecule has 114 valence electrons. The third-order valence-corrected chi connectivity index (χ3v) is 3.42. The second kappa shape index (κ2) is 7.03. The maximum atomic E-state index is 12.1. The van der Waals surface area contributed by atoms with E-state index >= 15 is 0 Å². The first-order chi connectivity index (χ1) is 10.1. The van der Waals surface area contributed by atoms with Gasteiger partial charge in [0.25, 0.3) is 5.91 Å². The van der Waals surface area contributed by atoms with Gasteiger partial charge in [0.05, 0.1) is 4.92 Å². The first kappa shape index (κ1) is 15.2. The number of nitro groups is 1. The van der Waals surface area contributed by atoms with E-state index in [9.17, 15) is 14.9 Å². The van der Waals surface area contributed by atoms with Crippen molar-refractivity contribution in [3.8, 4) is 5.75 Å². The fraction of sp³-hybridized carbons (Fsp3) is 0.500. The normalized spacial score (nSPS) is 15.4. The third kappa shape index (κ3) is 3.91. The van der Waals surface area contributed by atoms with Gasteiger partial charge in [-0.1, -0.05) is 12.1 Å². The number of rotatable bonds is 4. The van der Waals surface area contributed by atoms with Crippen molar-refractivity contribution < 1.29 is 14.5 Å². The van der Waals surface area contributed by atoms with Crippen molar-refractivity contribution in [3.63, 3.8) is 0 Å². The van der Waals surface area contributed by atoms with E-state index in [1.54, 1.807) is 24.0 Å². The Balaban J connectivity index is 2.02. The van der Waals surface area contributed by atoms with E-state index < -0.39 is 4.92 Å². The SMILES string of the molecule is Cc1cccc([N+](=O)[O-])c1OCC(=O)N1CCCNCC1.